The van der Waals surface area contributed by atoms with Crippen molar-refractivity contribution in [1.29, 1.82) is 0 Å². The number of halogens is 1. The Morgan fingerprint density at radius 3 is 2.96 bits per heavy atom. The third-order valence-corrected chi connectivity index (χ3v) is 5.72. The Kier molecular flexibility index (Phi) is 4.99. The van der Waals surface area contributed by atoms with Gasteiger partial charge in [0.1, 0.15) is 17.1 Å². The molecule has 3 atom stereocenters. The van der Waals surface area contributed by atoms with Gasteiger partial charge in [0.2, 0.25) is 5.95 Å². The number of aliphatic hydroxyl groups is 1. The number of fused-ring (bicyclic) bond motifs is 1. The number of anilines is 2. The highest BCUT2D eigenvalue weighted by molar-refractivity contribution is 6.32. The molecule has 4 rings (SSSR count). The lowest BCUT2D eigenvalue weighted by atomic mass is 10.2. The fraction of sp³-hybridized carbons (Fsp3) is 0.421. The molecular weight excluding hydrogens is 384 g/mol. The Hall–Kier alpha value is -2.58. The Bertz CT molecular complexity index is 909. The second-order valence-electron chi connectivity index (χ2n) is 7.12. The second kappa shape index (κ2) is 7.44. The predicted octanol–water partition coefficient (Wildman–Crippen LogP) is 2.27. The number of methoxy groups -OCH3 is 1. The monoisotopic (exact) mass is 404 g/mol. The summed E-state index contributed by atoms with van der Waals surface area (Å²) in [5.41, 5.74) is 0.853. The first kappa shape index (κ1) is 18.8. The highest BCUT2D eigenvalue weighted by Crippen LogP contribution is 2.50. The molecule has 2 heterocycles. The zero-order valence-electron chi connectivity index (χ0n) is 15.3. The number of aromatic carboxylic acids is 1. The van der Waals surface area contributed by atoms with Gasteiger partial charge in [-0.05, 0) is 36.0 Å². The standard InChI is InChI=1S/C19H21ClN4O4/c1-28-16-3-2-10(4-14(16)20)6-21-17-13(18(26)27)7-22-19(23-17)24-8-11-5-12(11)15(24)9-25/h2-4,7,11-12,15,25H,5-6,8-9H2,1H3,(H,26,27)(H,21,22,23). The topological polar surface area (TPSA) is 108 Å². The van der Waals surface area contributed by atoms with Crippen LogP contribution in [-0.4, -0.2) is 52.5 Å². The van der Waals surface area contributed by atoms with E-state index < -0.39 is 5.97 Å². The van der Waals surface area contributed by atoms with Crippen molar-refractivity contribution in [3.8, 4) is 5.75 Å². The van der Waals surface area contributed by atoms with Gasteiger partial charge < -0.3 is 25.2 Å². The first-order valence-corrected chi connectivity index (χ1v) is 9.43. The highest BCUT2D eigenvalue weighted by Gasteiger charge is 2.53. The first-order chi connectivity index (χ1) is 13.5. The molecule has 9 heteroatoms. The number of aliphatic hydroxyl groups excluding tert-OH is 1. The third kappa shape index (κ3) is 3.45. The maximum atomic E-state index is 11.6. The van der Waals surface area contributed by atoms with Crippen LogP contribution in [0.3, 0.4) is 0 Å². The minimum absolute atomic E-state index is 0.00563. The van der Waals surface area contributed by atoms with Gasteiger partial charge >= 0.3 is 5.97 Å². The van der Waals surface area contributed by atoms with Crippen molar-refractivity contribution in [3.63, 3.8) is 0 Å². The van der Waals surface area contributed by atoms with Crippen LogP contribution in [0, 0.1) is 11.8 Å². The molecule has 0 amide bonds. The molecular formula is C19H21ClN4O4. The normalized spacial score (nSPS) is 22.7. The van der Waals surface area contributed by atoms with Crippen LogP contribution < -0.4 is 15.0 Å². The van der Waals surface area contributed by atoms with Gasteiger partial charge in [-0.1, -0.05) is 17.7 Å². The highest BCUT2D eigenvalue weighted by atomic mass is 35.5. The van der Waals surface area contributed by atoms with Crippen LogP contribution in [0.5, 0.6) is 5.75 Å². The Labute approximate surface area is 167 Å². The van der Waals surface area contributed by atoms with Crippen LogP contribution in [0.25, 0.3) is 0 Å². The number of ether oxygens (including phenoxy) is 1. The molecule has 1 aliphatic heterocycles. The SMILES string of the molecule is COc1ccc(CNc2nc(N3CC4CC4C3CO)ncc2C(=O)O)cc1Cl. The Balaban J connectivity index is 1.56. The lowest BCUT2D eigenvalue weighted by Crippen LogP contribution is -2.37. The van der Waals surface area contributed by atoms with Gasteiger partial charge in [0.05, 0.1) is 24.8 Å². The summed E-state index contributed by atoms with van der Waals surface area (Å²) in [6.45, 7) is 1.17. The largest absolute Gasteiger partial charge is 0.495 e. The summed E-state index contributed by atoms with van der Waals surface area (Å²) < 4.78 is 5.14. The number of hydrogen-bond donors (Lipinski definition) is 3. The van der Waals surface area contributed by atoms with E-state index in [2.05, 4.69) is 15.3 Å². The average molecular weight is 405 g/mol. The fourth-order valence-electron chi connectivity index (χ4n) is 3.84. The van der Waals surface area contributed by atoms with Crippen LogP contribution in [-0.2, 0) is 6.54 Å². The van der Waals surface area contributed by atoms with E-state index in [0.29, 0.717) is 35.1 Å². The van der Waals surface area contributed by atoms with Crippen LogP contribution in [0.1, 0.15) is 22.3 Å². The third-order valence-electron chi connectivity index (χ3n) is 5.43. The van der Waals surface area contributed by atoms with Gasteiger partial charge in [-0.15, -0.1) is 0 Å². The fourth-order valence-corrected chi connectivity index (χ4v) is 4.12. The molecule has 1 aromatic carbocycles. The van der Waals surface area contributed by atoms with Crippen molar-refractivity contribution < 1.29 is 19.7 Å². The quantitative estimate of drug-likeness (QED) is 0.645. The number of carbonyl (C=O) groups is 1. The van der Waals surface area contributed by atoms with E-state index in [-0.39, 0.29) is 24.0 Å². The van der Waals surface area contributed by atoms with Crippen molar-refractivity contribution in [1.82, 2.24) is 9.97 Å². The molecule has 0 bridgehead atoms. The zero-order valence-corrected chi connectivity index (χ0v) is 16.1. The Morgan fingerprint density at radius 2 is 2.29 bits per heavy atom. The van der Waals surface area contributed by atoms with Crippen LogP contribution in [0.2, 0.25) is 5.02 Å². The maximum absolute atomic E-state index is 11.6. The molecule has 2 fully saturated rings. The summed E-state index contributed by atoms with van der Waals surface area (Å²) in [4.78, 5) is 22.2. The molecule has 1 saturated heterocycles. The summed E-state index contributed by atoms with van der Waals surface area (Å²) in [5.74, 6) is 1.19. The molecule has 8 nitrogen and oxygen atoms in total. The van der Waals surface area contributed by atoms with E-state index in [9.17, 15) is 15.0 Å². The van der Waals surface area contributed by atoms with E-state index in [1.807, 2.05) is 11.0 Å². The van der Waals surface area contributed by atoms with Gasteiger partial charge in [0, 0.05) is 19.3 Å². The van der Waals surface area contributed by atoms with Gasteiger partial charge in [-0.3, -0.25) is 0 Å². The number of carboxylic acids is 1. The van der Waals surface area contributed by atoms with Gasteiger partial charge in [0.15, 0.2) is 0 Å². The van der Waals surface area contributed by atoms with Crippen molar-refractivity contribution >= 4 is 29.3 Å². The lowest BCUT2D eigenvalue weighted by molar-refractivity contribution is 0.0697. The lowest BCUT2D eigenvalue weighted by Gasteiger charge is -2.26. The van der Waals surface area contributed by atoms with E-state index in [4.69, 9.17) is 16.3 Å². The van der Waals surface area contributed by atoms with Crippen LogP contribution in [0.15, 0.2) is 24.4 Å². The van der Waals surface area contributed by atoms with E-state index in [0.717, 1.165) is 18.5 Å². The maximum Gasteiger partial charge on any atom is 0.341 e. The van der Waals surface area contributed by atoms with E-state index >= 15 is 0 Å². The molecule has 0 spiro atoms. The number of benzene rings is 1. The second-order valence-corrected chi connectivity index (χ2v) is 7.53. The van der Waals surface area contributed by atoms with Gasteiger partial charge in [0.25, 0.3) is 0 Å². The minimum atomic E-state index is -1.11. The van der Waals surface area contributed by atoms with E-state index in [1.54, 1.807) is 19.2 Å². The molecule has 28 heavy (non-hydrogen) atoms. The molecule has 3 unspecified atom stereocenters. The number of hydrogen-bond acceptors (Lipinski definition) is 7. The van der Waals surface area contributed by atoms with Crippen molar-refractivity contribution in [3.05, 3.63) is 40.5 Å². The molecule has 1 saturated carbocycles. The van der Waals surface area contributed by atoms with Crippen LogP contribution in [0.4, 0.5) is 11.8 Å². The molecule has 148 valence electrons. The van der Waals surface area contributed by atoms with Crippen molar-refractivity contribution in [2.24, 2.45) is 11.8 Å². The molecule has 0 radical (unpaired) electrons. The van der Waals surface area contributed by atoms with Crippen LogP contribution >= 0.6 is 11.6 Å². The summed E-state index contributed by atoms with van der Waals surface area (Å²) in [5, 5.41) is 22.7. The Morgan fingerprint density at radius 1 is 1.46 bits per heavy atom. The predicted molar refractivity (Wildman–Crippen MR) is 104 cm³/mol. The summed E-state index contributed by atoms with van der Waals surface area (Å²) >= 11 is 6.15. The summed E-state index contributed by atoms with van der Waals surface area (Å²) in [6, 6.07) is 5.35. The number of aromatic nitrogens is 2. The zero-order chi connectivity index (χ0) is 19.8. The van der Waals surface area contributed by atoms with Crippen molar-refractivity contribution in [2.45, 2.75) is 19.0 Å². The number of nitrogens with zero attached hydrogens (tertiary/aromatic N) is 3. The smallest absolute Gasteiger partial charge is 0.341 e. The number of nitrogens with one attached hydrogen (secondary N) is 1. The molecule has 3 N–H and O–H groups in total. The summed E-state index contributed by atoms with van der Waals surface area (Å²) in [7, 11) is 1.54. The number of piperidine rings is 1. The molecule has 1 aromatic heterocycles. The summed E-state index contributed by atoms with van der Waals surface area (Å²) in [6.07, 6.45) is 2.44. The number of carboxylic acid groups (broad SMARTS) is 1. The van der Waals surface area contributed by atoms with Gasteiger partial charge in [-0.2, -0.15) is 4.98 Å². The molecule has 2 aliphatic rings. The van der Waals surface area contributed by atoms with Gasteiger partial charge in [-0.25, -0.2) is 9.78 Å². The first-order valence-electron chi connectivity index (χ1n) is 9.06. The molecule has 1 aliphatic carbocycles. The average Bonchev–Trinajstić information content (AvgIpc) is 3.36. The van der Waals surface area contributed by atoms with Crippen molar-refractivity contribution in [2.75, 3.05) is 30.5 Å². The molecule has 2 aromatic rings. The number of rotatable bonds is 7. The van der Waals surface area contributed by atoms with E-state index in [1.165, 1.54) is 6.20 Å². The minimum Gasteiger partial charge on any atom is -0.495 e.